The minimum absolute atomic E-state index is 0.0816. The highest BCUT2D eigenvalue weighted by Gasteiger charge is 2.46. The smallest absolute Gasteiger partial charge is 0.255 e. The van der Waals surface area contributed by atoms with Crippen LogP contribution >= 0.6 is 0 Å². The summed E-state index contributed by atoms with van der Waals surface area (Å²) in [6, 6.07) is 5.38. The van der Waals surface area contributed by atoms with Gasteiger partial charge in [-0.15, -0.1) is 0 Å². The molecular weight excluding hydrogens is 256 g/mol. The molecule has 1 aliphatic rings. The summed E-state index contributed by atoms with van der Waals surface area (Å²) in [5.74, 6) is 0.996. The number of methoxy groups -OCH3 is 2. The molecule has 2 unspecified atom stereocenters. The molecule has 0 radical (unpaired) electrons. The fourth-order valence-electron chi connectivity index (χ4n) is 2.43. The van der Waals surface area contributed by atoms with Gasteiger partial charge in [-0.05, 0) is 24.6 Å². The zero-order chi connectivity index (χ0) is 14.9. The number of ether oxygens (including phenoxy) is 2. The zero-order valence-corrected chi connectivity index (χ0v) is 12.4. The summed E-state index contributed by atoms with van der Waals surface area (Å²) >= 11 is 0. The van der Waals surface area contributed by atoms with Crippen LogP contribution in [0, 0.1) is 5.41 Å². The number of nitrogens with two attached hydrogens (primary N) is 1. The van der Waals surface area contributed by atoms with E-state index in [0.29, 0.717) is 17.1 Å². The number of rotatable bonds is 4. The van der Waals surface area contributed by atoms with Crippen LogP contribution in [0.4, 0.5) is 0 Å². The summed E-state index contributed by atoms with van der Waals surface area (Å²) < 4.78 is 10.4. The van der Waals surface area contributed by atoms with Crippen molar-refractivity contribution in [3.63, 3.8) is 0 Å². The lowest BCUT2D eigenvalue weighted by molar-refractivity contribution is 0.0584. The number of amides is 1. The number of nitrogens with one attached hydrogen (secondary N) is 1. The van der Waals surface area contributed by atoms with E-state index >= 15 is 0 Å². The molecule has 0 saturated heterocycles. The van der Waals surface area contributed by atoms with Crippen molar-refractivity contribution in [2.24, 2.45) is 11.1 Å². The van der Waals surface area contributed by atoms with Crippen LogP contribution in [0.3, 0.4) is 0 Å². The van der Waals surface area contributed by atoms with E-state index in [1.165, 1.54) is 0 Å². The largest absolute Gasteiger partial charge is 0.497 e. The summed E-state index contributed by atoms with van der Waals surface area (Å²) in [5, 5.41) is 3.02. The van der Waals surface area contributed by atoms with E-state index in [1.807, 2.05) is 0 Å². The molecular formula is C15H22N2O3. The Labute approximate surface area is 119 Å². The Morgan fingerprint density at radius 3 is 2.55 bits per heavy atom. The van der Waals surface area contributed by atoms with Crippen LogP contribution in [0.5, 0.6) is 11.5 Å². The van der Waals surface area contributed by atoms with Crippen LogP contribution in [0.2, 0.25) is 0 Å². The quantitative estimate of drug-likeness (QED) is 0.876. The van der Waals surface area contributed by atoms with E-state index < -0.39 is 0 Å². The molecule has 1 aliphatic carbocycles. The number of carbonyl (C=O) groups excluding carboxylic acids is 1. The highest BCUT2D eigenvalue weighted by molar-refractivity contribution is 5.97. The van der Waals surface area contributed by atoms with Crippen molar-refractivity contribution in [2.45, 2.75) is 32.4 Å². The molecule has 0 bridgehead atoms. The Balaban J connectivity index is 2.17. The number of carbonyl (C=O) groups is 1. The monoisotopic (exact) mass is 278 g/mol. The fourth-order valence-corrected chi connectivity index (χ4v) is 2.43. The van der Waals surface area contributed by atoms with Gasteiger partial charge in [0.05, 0.1) is 19.8 Å². The maximum Gasteiger partial charge on any atom is 0.255 e. The second-order valence-corrected chi connectivity index (χ2v) is 5.76. The van der Waals surface area contributed by atoms with Crippen molar-refractivity contribution in [2.75, 3.05) is 14.2 Å². The van der Waals surface area contributed by atoms with Crippen LogP contribution in [0.15, 0.2) is 18.2 Å². The van der Waals surface area contributed by atoms with E-state index in [9.17, 15) is 4.79 Å². The molecule has 1 fully saturated rings. The van der Waals surface area contributed by atoms with Crippen molar-refractivity contribution in [1.82, 2.24) is 5.32 Å². The molecule has 2 rings (SSSR count). The minimum atomic E-state index is -0.161. The molecule has 5 heteroatoms. The summed E-state index contributed by atoms with van der Waals surface area (Å²) in [6.07, 6.45) is 0.797. The van der Waals surface area contributed by atoms with Gasteiger partial charge < -0.3 is 20.5 Å². The lowest BCUT2D eigenvalue weighted by atomic mass is 9.63. The molecule has 0 aliphatic heterocycles. The van der Waals surface area contributed by atoms with Gasteiger partial charge in [0.2, 0.25) is 0 Å². The van der Waals surface area contributed by atoms with Gasteiger partial charge in [0.15, 0.2) is 0 Å². The number of hydrogen-bond acceptors (Lipinski definition) is 4. The van der Waals surface area contributed by atoms with Gasteiger partial charge in [-0.3, -0.25) is 4.79 Å². The van der Waals surface area contributed by atoms with Gasteiger partial charge in [-0.25, -0.2) is 0 Å². The molecule has 1 aromatic rings. The van der Waals surface area contributed by atoms with Crippen LogP contribution in [0.25, 0.3) is 0 Å². The molecule has 1 amide bonds. The molecule has 0 heterocycles. The number of benzene rings is 1. The highest BCUT2D eigenvalue weighted by atomic mass is 16.5. The van der Waals surface area contributed by atoms with Crippen molar-refractivity contribution >= 4 is 5.91 Å². The van der Waals surface area contributed by atoms with Gasteiger partial charge in [-0.1, -0.05) is 13.8 Å². The first-order valence-electron chi connectivity index (χ1n) is 6.68. The molecule has 20 heavy (non-hydrogen) atoms. The molecule has 2 atom stereocenters. The topological polar surface area (TPSA) is 73.6 Å². The Kier molecular flexibility index (Phi) is 3.90. The Morgan fingerprint density at radius 2 is 2.05 bits per heavy atom. The van der Waals surface area contributed by atoms with E-state index in [1.54, 1.807) is 32.4 Å². The van der Waals surface area contributed by atoms with Gasteiger partial charge >= 0.3 is 0 Å². The average molecular weight is 278 g/mol. The normalized spacial score (nSPS) is 23.6. The van der Waals surface area contributed by atoms with Crippen molar-refractivity contribution in [1.29, 1.82) is 0 Å². The third kappa shape index (κ3) is 2.45. The fraction of sp³-hybridized carbons (Fsp3) is 0.533. The van der Waals surface area contributed by atoms with Crippen LogP contribution < -0.4 is 20.5 Å². The lowest BCUT2D eigenvalue weighted by Crippen LogP contribution is -2.64. The summed E-state index contributed by atoms with van der Waals surface area (Å²) in [6.45, 7) is 4.13. The maximum absolute atomic E-state index is 12.4. The summed E-state index contributed by atoms with van der Waals surface area (Å²) in [4.78, 5) is 12.4. The maximum atomic E-state index is 12.4. The van der Waals surface area contributed by atoms with Crippen molar-refractivity contribution < 1.29 is 14.3 Å². The molecule has 3 N–H and O–H groups in total. The zero-order valence-electron chi connectivity index (χ0n) is 12.4. The SMILES string of the molecule is COc1ccc(OC)c(C(=O)NC2CC(N)C2(C)C)c1. The average Bonchev–Trinajstić information content (AvgIpc) is 2.46. The molecule has 0 aromatic heterocycles. The molecule has 1 saturated carbocycles. The molecule has 1 aromatic carbocycles. The standard InChI is InChI=1S/C15H22N2O3/c1-15(2)12(16)8-13(15)17-14(18)10-7-9(19-3)5-6-11(10)20-4/h5-7,12-13H,8,16H2,1-4H3,(H,17,18). The second-order valence-electron chi connectivity index (χ2n) is 5.76. The van der Waals surface area contributed by atoms with Crippen molar-refractivity contribution in [3.05, 3.63) is 23.8 Å². The van der Waals surface area contributed by atoms with Crippen LogP contribution in [-0.4, -0.2) is 32.2 Å². The summed E-state index contributed by atoms with van der Waals surface area (Å²) in [5.41, 5.74) is 6.36. The van der Waals surface area contributed by atoms with E-state index in [-0.39, 0.29) is 23.4 Å². The minimum Gasteiger partial charge on any atom is -0.497 e. The Morgan fingerprint density at radius 1 is 1.35 bits per heavy atom. The van der Waals surface area contributed by atoms with Crippen LogP contribution in [0.1, 0.15) is 30.6 Å². The molecule has 0 spiro atoms. The second kappa shape index (κ2) is 5.32. The number of hydrogen-bond donors (Lipinski definition) is 2. The molecule has 110 valence electrons. The van der Waals surface area contributed by atoms with E-state index in [0.717, 1.165) is 6.42 Å². The first-order valence-corrected chi connectivity index (χ1v) is 6.68. The molecule has 5 nitrogen and oxygen atoms in total. The van der Waals surface area contributed by atoms with Gasteiger partial charge in [-0.2, -0.15) is 0 Å². The predicted octanol–water partition coefficient (Wildman–Crippen LogP) is 1.56. The third-order valence-electron chi connectivity index (χ3n) is 4.30. The van der Waals surface area contributed by atoms with Crippen LogP contribution in [-0.2, 0) is 0 Å². The first kappa shape index (κ1) is 14.7. The Hall–Kier alpha value is -1.75. The van der Waals surface area contributed by atoms with Gasteiger partial charge in [0, 0.05) is 17.5 Å². The summed E-state index contributed by atoms with van der Waals surface area (Å²) in [7, 11) is 3.11. The highest BCUT2D eigenvalue weighted by Crippen LogP contribution is 2.39. The third-order valence-corrected chi connectivity index (χ3v) is 4.30. The van der Waals surface area contributed by atoms with Crippen molar-refractivity contribution in [3.8, 4) is 11.5 Å². The lowest BCUT2D eigenvalue weighted by Gasteiger charge is -2.50. The van der Waals surface area contributed by atoms with E-state index in [2.05, 4.69) is 19.2 Å². The van der Waals surface area contributed by atoms with Gasteiger partial charge in [0.1, 0.15) is 11.5 Å². The predicted molar refractivity (Wildman–Crippen MR) is 77.2 cm³/mol. The first-order chi connectivity index (χ1) is 9.40. The van der Waals surface area contributed by atoms with E-state index in [4.69, 9.17) is 15.2 Å². The Bertz CT molecular complexity index is 514. The van der Waals surface area contributed by atoms with Gasteiger partial charge in [0.25, 0.3) is 5.91 Å².